The number of para-hydroxylation sites is 1. The number of methoxy groups -OCH3 is 1. The van der Waals surface area contributed by atoms with E-state index < -0.39 is 15.6 Å². The fraction of sp³-hybridized carbons (Fsp3) is 0.350. The number of ketones is 1. The molecule has 142 valence electrons. The molecular formula is C20H21NO5S. The van der Waals surface area contributed by atoms with Crippen molar-refractivity contribution in [2.75, 3.05) is 20.2 Å². The van der Waals surface area contributed by atoms with Crippen LogP contribution in [0.15, 0.2) is 47.4 Å². The van der Waals surface area contributed by atoms with Gasteiger partial charge in [0.15, 0.2) is 5.78 Å². The molecule has 1 fully saturated rings. The molecule has 4 rings (SSSR count). The van der Waals surface area contributed by atoms with Crippen LogP contribution in [0.2, 0.25) is 0 Å². The molecule has 2 aromatic rings. The van der Waals surface area contributed by atoms with Gasteiger partial charge in [-0.1, -0.05) is 18.2 Å². The van der Waals surface area contributed by atoms with E-state index in [1.165, 1.54) is 11.4 Å². The maximum atomic E-state index is 13.2. The minimum Gasteiger partial charge on any atom is -0.495 e. The fourth-order valence-corrected chi connectivity index (χ4v) is 5.56. The van der Waals surface area contributed by atoms with Crippen molar-refractivity contribution in [3.05, 3.63) is 53.6 Å². The van der Waals surface area contributed by atoms with Crippen LogP contribution in [-0.4, -0.2) is 44.3 Å². The number of fused-ring (bicyclic) bond motifs is 1. The van der Waals surface area contributed by atoms with Crippen molar-refractivity contribution in [1.82, 2.24) is 4.31 Å². The predicted octanol–water partition coefficient (Wildman–Crippen LogP) is 2.80. The van der Waals surface area contributed by atoms with E-state index in [0.29, 0.717) is 30.0 Å². The molecule has 0 aromatic heterocycles. The molecule has 0 bridgehead atoms. The minimum absolute atomic E-state index is 0.00997. The third kappa shape index (κ3) is 3.00. The van der Waals surface area contributed by atoms with Crippen molar-refractivity contribution in [3.63, 3.8) is 0 Å². The average molecular weight is 387 g/mol. The Bertz CT molecular complexity index is 1020. The standard InChI is InChI=1S/C20H21NO5S/c1-14-7-8-18(25-2)19(11-14)27(23,24)21-10-9-20(13-21)12-16(22)15-5-3-4-6-17(15)26-20/h3-8,11H,9-10,12-13H2,1-2H3. The molecule has 0 radical (unpaired) electrons. The molecular weight excluding hydrogens is 366 g/mol. The first-order chi connectivity index (χ1) is 12.8. The zero-order valence-corrected chi connectivity index (χ0v) is 16.1. The van der Waals surface area contributed by atoms with Crippen molar-refractivity contribution < 1.29 is 22.7 Å². The summed E-state index contributed by atoms with van der Waals surface area (Å²) in [5, 5.41) is 0. The molecule has 27 heavy (non-hydrogen) atoms. The molecule has 2 heterocycles. The molecule has 1 unspecified atom stereocenters. The molecule has 7 heteroatoms. The van der Waals surface area contributed by atoms with E-state index in [2.05, 4.69) is 0 Å². The Balaban J connectivity index is 1.65. The second-order valence-electron chi connectivity index (χ2n) is 7.12. The Morgan fingerprint density at radius 1 is 1.19 bits per heavy atom. The monoisotopic (exact) mass is 387 g/mol. The van der Waals surface area contributed by atoms with Crippen LogP contribution in [0.4, 0.5) is 0 Å². The highest BCUT2D eigenvalue weighted by molar-refractivity contribution is 7.89. The highest BCUT2D eigenvalue weighted by atomic mass is 32.2. The van der Waals surface area contributed by atoms with Gasteiger partial charge in [0.2, 0.25) is 10.0 Å². The summed E-state index contributed by atoms with van der Waals surface area (Å²) in [4.78, 5) is 12.7. The van der Waals surface area contributed by atoms with Crippen LogP contribution in [0.25, 0.3) is 0 Å². The lowest BCUT2D eigenvalue weighted by Crippen LogP contribution is -2.45. The molecule has 1 spiro atoms. The topological polar surface area (TPSA) is 72.9 Å². The number of sulfonamides is 1. The van der Waals surface area contributed by atoms with Crippen molar-refractivity contribution in [2.45, 2.75) is 30.3 Å². The molecule has 0 amide bonds. The van der Waals surface area contributed by atoms with Gasteiger partial charge in [0.1, 0.15) is 22.0 Å². The number of hydrogen-bond acceptors (Lipinski definition) is 5. The Kier molecular flexibility index (Phi) is 4.24. The van der Waals surface area contributed by atoms with Gasteiger partial charge in [-0.2, -0.15) is 4.31 Å². The summed E-state index contributed by atoms with van der Waals surface area (Å²) in [6.07, 6.45) is 0.654. The maximum absolute atomic E-state index is 13.2. The molecule has 2 aliphatic heterocycles. The number of Topliss-reactive ketones (excluding diaryl/α,β-unsaturated/α-hetero) is 1. The lowest BCUT2D eigenvalue weighted by molar-refractivity contribution is 0.0498. The van der Waals surface area contributed by atoms with Gasteiger partial charge < -0.3 is 9.47 Å². The van der Waals surface area contributed by atoms with Gasteiger partial charge >= 0.3 is 0 Å². The second kappa shape index (κ2) is 6.35. The number of nitrogens with zero attached hydrogens (tertiary/aromatic N) is 1. The van der Waals surface area contributed by atoms with Gasteiger partial charge in [-0.3, -0.25) is 4.79 Å². The van der Waals surface area contributed by atoms with E-state index in [1.54, 1.807) is 30.3 Å². The van der Waals surface area contributed by atoms with E-state index in [9.17, 15) is 13.2 Å². The summed E-state index contributed by atoms with van der Waals surface area (Å²) in [6.45, 7) is 2.28. The molecule has 0 aliphatic carbocycles. The number of aryl methyl sites for hydroxylation is 1. The summed E-state index contributed by atoms with van der Waals surface area (Å²) in [6, 6.07) is 12.2. The van der Waals surface area contributed by atoms with Gasteiger partial charge in [-0.25, -0.2) is 8.42 Å². The summed E-state index contributed by atoms with van der Waals surface area (Å²) in [7, 11) is -2.30. The van der Waals surface area contributed by atoms with Crippen LogP contribution in [0, 0.1) is 6.92 Å². The number of carbonyl (C=O) groups excluding carboxylic acids is 1. The maximum Gasteiger partial charge on any atom is 0.246 e. The van der Waals surface area contributed by atoms with Crippen molar-refractivity contribution in [3.8, 4) is 11.5 Å². The van der Waals surface area contributed by atoms with Gasteiger partial charge in [-0.05, 0) is 36.8 Å². The second-order valence-corrected chi connectivity index (χ2v) is 9.03. The predicted molar refractivity (Wildman–Crippen MR) is 99.9 cm³/mol. The van der Waals surface area contributed by atoms with Crippen molar-refractivity contribution >= 4 is 15.8 Å². The van der Waals surface area contributed by atoms with E-state index in [0.717, 1.165) is 5.56 Å². The largest absolute Gasteiger partial charge is 0.495 e. The molecule has 6 nitrogen and oxygen atoms in total. The van der Waals surface area contributed by atoms with Crippen LogP contribution >= 0.6 is 0 Å². The summed E-state index contributed by atoms with van der Waals surface area (Å²) < 4.78 is 39.2. The quantitative estimate of drug-likeness (QED) is 0.810. The summed E-state index contributed by atoms with van der Waals surface area (Å²) in [5.41, 5.74) is 0.585. The van der Waals surface area contributed by atoms with Gasteiger partial charge in [-0.15, -0.1) is 0 Å². The van der Waals surface area contributed by atoms with Crippen LogP contribution < -0.4 is 9.47 Å². The smallest absolute Gasteiger partial charge is 0.246 e. The molecule has 1 atom stereocenters. The number of rotatable bonds is 3. The van der Waals surface area contributed by atoms with Gasteiger partial charge in [0.25, 0.3) is 0 Å². The summed E-state index contributed by atoms with van der Waals surface area (Å²) in [5.74, 6) is 0.831. The first-order valence-electron chi connectivity index (χ1n) is 8.81. The molecule has 2 aliphatic rings. The van der Waals surface area contributed by atoms with Gasteiger partial charge in [0.05, 0.1) is 25.6 Å². The van der Waals surface area contributed by atoms with Crippen LogP contribution in [0.5, 0.6) is 11.5 Å². The Hall–Kier alpha value is -2.38. The Morgan fingerprint density at radius 3 is 2.74 bits per heavy atom. The van der Waals surface area contributed by atoms with E-state index in [4.69, 9.17) is 9.47 Å². The number of benzene rings is 2. The third-order valence-electron chi connectivity index (χ3n) is 5.21. The van der Waals surface area contributed by atoms with Gasteiger partial charge in [0, 0.05) is 13.0 Å². The number of hydrogen-bond donors (Lipinski definition) is 0. The average Bonchev–Trinajstić information content (AvgIpc) is 3.05. The zero-order valence-electron chi connectivity index (χ0n) is 15.3. The lowest BCUT2D eigenvalue weighted by Gasteiger charge is -2.34. The molecule has 1 saturated heterocycles. The molecule has 0 saturated carbocycles. The number of carbonyl (C=O) groups is 1. The number of ether oxygens (including phenoxy) is 2. The first kappa shape index (κ1) is 18.0. The van der Waals surface area contributed by atoms with E-state index >= 15 is 0 Å². The summed E-state index contributed by atoms with van der Waals surface area (Å²) >= 11 is 0. The van der Waals surface area contributed by atoms with E-state index in [-0.39, 0.29) is 23.6 Å². The first-order valence-corrected chi connectivity index (χ1v) is 10.2. The molecule has 0 N–H and O–H groups in total. The third-order valence-corrected chi connectivity index (χ3v) is 7.08. The Labute approximate surface area is 158 Å². The fourth-order valence-electron chi connectivity index (χ4n) is 3.81. The van der Waals surface area contributed by atoms with Crippen molar-refractivity contribution in [2.24, 2.45) is 0 Å². The molecule has 2 aromatic carbocycles. The van der Waals surface area contributed by atoms with Crippen molar-refractivity contribution in [1.29, 1.82) is 0 Å². The lowest BCUT2D eigenvalue weighted by atomic mass is 9.89. The normalized spacial score (nSPS) is 22.5. The Morgan fingerprint density at radius 2 is 1.96 bits per heavy atom. The highest BCUT2D eigenvalue weighted by Crippen LogP contribution is 2.40. The van der Waals surface area contributed by atoms with E-state index in [1.807, 2.05) is 19.1 Å². The SMILES string of the molecule is COc1ccc(C)cc1S(=O)(=O)N1CCC2(CC(=O)c3ccccc3O2)C1. The van der Waals surface area contributed by atoms with Crippen LogP contribution in [0.3, 0.4) is 0 Å². The minimum atomic E-state index is -3.76. The highest BCUT2D eigenvalue weighted by Gasteiger charge is 2.49. The van der Waals surface area contributed by atoms with Crippen LogP contribution in [-0.2, 0) is 10.0 Å². The zero-order chi connectivity index (χ0) is 19.2. The van der Waals surface area contributed by atoms with Crippen LogP contribution in [0.1, 0.15) is 28.8 Å².